The second kappa shape index (κ2) is 9.44. The molecule has 2 heterocycles. The summed E-state index contributed by atoms with van der Waals surface area (Å²) in [7, 11) is 0. The van der Waals surface area contributed by atoms with Crippen LogP contribution in [-0.4, -0.2) is 15.9 Å². The number of nitrogens with one attached hydrogen (secondary N) is 1. The number of para-hydroxylation sites is 1. The van der Waals surface area contributed by atoms with Gasteiger partial charge in [-0.15, -0.1) is 11.3 Å². The van der Waals surface area contributed by atoms with E-state index >= 15 is 0 Å². The molecule has 0 unspecified atom stereocenters. The Morgan fingerprint density at radius 2 is 1.77 bits per heavy atom. The first-order valence-electron chi connectivity index (χ1n) is 9.40. The Morgan fingerprint density at radius 3 is 2.55 bits per heavy atom. The number of amides is 1. The van der Waals surface area contributed by atoms with Gasteiger partial charge in [0.25, 0.3) is 5.91 Å². The number of nitrogens with zero attached hydrogens (tertiary/aromatic N) is 2. The number of carbonyl (C=O) groups excluding carboxylic acids is 1. The third kappa shape index (κ3) is 4.92. The number of pyridine rings is 1. The normalized spacial score (nSPS) is 10.6. The maximum absolute atomic E-state index is 13.9. The van der Waals surface area contributed by atoms with Crippen molar-refractivity contribution in [3.05, 3.63) is 101 Å². The summed E-state index contributed by atoms with van der Waals surface area (Å²) >= 11 is 1.28. The minimum atomic E-state index is -0.668. The minimum Gasteiger partial charge on any atom is -0.488 e. The van der Waals surface area contributed by atoms with Gasteiger partial charge in [0.2, 0.25) is 0 Å². The summed E-state index contributed by atoms with van der Waals surface area (Å²) in [4.78, 5) is 21.0. The van der Waals surface area contributed by atoms with Gasteiger partial charge in [0, 0.05) is 11.6 Å². The van der Waals surface area contributed by atoms with Gasteiger partial charge in [0.1, 0.15) is 34.7 Å². The lowest BCUT2D eigenvalue weighted by Crippen LogP contribution is -2.23. The van der Waals surface area contributed by atoms with Gasteiger partial charge in [-0.2, -0.15) is 0 Å². The highest BCUT2D eigenvalue weighted by Gasteiger charge is 2.16. The zero-order chi connectivity index (χ0) is 21.6. The van der Waals surface area contributed by atoms with Gasteiger partial charge < -0.3 is 10.1 Å². The molecule has 2 aromatic heterocycles. The molecular formula is C23H17F2N3O2S. The van der Waals surface area contributed by atoms with Crippen molar-refractivity contribution in [1.82, 2.24) is 15.3 Å². The van der Waals surface area contributed by atoms with E-state index < -0.39 is 11.6 Å². The Bertz CT molecular complexity index is 1180. The fourth-order valence-electron chi connectivity index (χ4n) is 2.86. The van der Waals surface area contributed by atoms with Crippen molar-refractivity contribution in [3.8, 4) is 16.3 Å². The SMILES string of the molecule is O=C(NCc1ccccn1)c1csc(-c2ccccc2OCc2c(F)cccc2F)n1. The second-order valence-electron chi connectivity index (χ2n) is 6.53. The molecule has 0 radical (unpaired) electrons. The summed E-state index contributed by atoms with van der Waals surface area (Å²) in [6.07, 6.45) is 1.66. The summed E-state index contributed by atoms with van der Waals surface area (Å²) in [6.45, 7) is 0.0265. The highest BCUT2D eigenvalue weighted by molar-refractivity contribution is 7.13. The number of rotatable bonds is 7. The molecule has 0 atom stereocenters. The molecule has 1 N–H and O–H groups in total. The van der Waals surface area contributed by atoms with Crippen LogP contribution in [0.5, 0.6) is 5.75 Å². The first-order chi connectivity index (χ1) is 15.1. The van der Waals surface area contributed by atoms with Crippen LogP contribution in [-0.2, 0) is 13.2 Å². The van der Waals surface area contributed by atoms with Crippen molar-refractivity contribution in [3.63, 3.8) is 0 Å². The predicted molar refractivity (Wildman–Crippen MR) is 114 cm³/mol. The predicted octanol–water partition coefficient (Wildman–Crippen LogP) is 4.99. The van der Waals surface area contributed by atoms with E-state index in [2.05, 4.69) is 15.3 Å². The van der Waals surface area contributed by atoms with Crippen LogP contribution >= 0.6 is 11.3 Å². The molecule has 0 aliphatic heterocycles. The van der Waals surface area contributed by atoms with Gasteiger partial charge in [-0.3, -0.25) is 9.78 Å². The summed E-state index contributed by atoms with van der Waals surface area (Å²) < 4.78 is 33.5. The lowest BCUT2D eigenvalue weighted by molar-refractivity contribution is 0.0946. The van der Waals surface area contributed by atoms with Gasteiger partial charge in [-0.25, -0.2) is 13.8 Å². The molecule has 31 heavy (non-hydrogen) atoms. The Balaban J connectivity index is 1.48. The highest BCUT2D eigenvalue weighted by atomic mass is 32.1. The maximum Gasteiger partial charge on any atom is 0.271 e. The quantitative estimate of drug-likeness (QED) is 0.442. The van der Waals surface area contributed by atoms with Gasteiger partial charge in [-0.05, 0) is 36.4 Å². The van der Waals surface area contributed by atoms with Crippen LogP contribution < -0.4 is 10.1 Å². The first-order valence-corrected chi connectivity index (χ1v) is 10.3. The zero-order valence-corrected chi connectivity index (χ0v) is 17.0. The van der Waals surface area contributed by atoms with Crippen molar-refractivity contribution in [2.24, 2.45) is 0 Å². The van der Waals surface area contributed by atoms with Crippen LogP contribution in [0.25, 0.3) is 10.6 Å². The number of thiazole rings is 1. The standard InChI is InChI=1S/C23H17F2N3O2S/c24-18-8-5-9-19(25)17(18)13-30-21-10-2-1-7-16(21)23-28-20(14-31-23)22(29)27-12-15-6-3-4-11-26-15/h1-11,14H,12-13H2,(H,27,29). The minimum absolute atomic E-state index is 0.147. The van der Waals surface area contributed by atoms with Crippen molar-refractivity contribution in [2.45, 2.75) is 13.2 Å². The molecule has 5 nitrogen and oxygen atoms in total. The number of hydrogen-bond acceptors (Lipinski definition) is 5. The maximum atomic E-state index is 13.9. The second-order valence-corrected chi connectivity index (χ2v) is 7.38. The van der Waals surface area contributed by atoms with Crippen molar-refractivity contribution >= 4 is 17.2 Å². The molecule has 0 saturated heterocycles. The number of aromatic nitrogens is 2. The summed E-state index contributed by atoms with van der Waals surface area (Å²) in [5.74, 6) is -1.24. The molecule has 0 spiro atoms. The van der Waals surface area contributed by atoms with Crippen LogP contribution in [0.2, 0.25) is 0 Å². The van der Waals surface area contributed by atoms with E-state index in [1.807, 2.05) is 12.1 Å². The van der Waals surface area contributed by atoms with Gasteiger partial charge in [0.15, 0.2) is 0 Å². The number of hydrogen-bond donors (Lipinski definition) is 1. The number of benzene rings is 2. The van der Waals surface area contributed by atoms with Crippen LogP contribution in [0.4, 0.5) is 8.78 Å². The van der Waals surface area contributed by atoms with E-state index in [1.54, 1.807) is 41.9 Å². The Morgan fingerprint density at radius 1 is 1.00 bits per heavy atom. The Kier molecular flexibility index (Phi) is 6.28. The van der Waals surface area contributed by atoms with Crippen LogP contribution in [0, 0.1) is 11.6 Å². The average Bonchev–Trinajstić information content (AvgIpc) is 3.28. The summed E-state index contributed by atoms with van der Waals surface area (Å²) in [5.41, 5.74) is 1.50. The summed E-state index contributed by atoms with van der Waals surface area (Å²) in [6, 6.07) is 16.2. The first kappa shape index (κ1) is 20.6. The van der Waals surface area contributed by atoms with E-state index in [9.17, 15) is 13.6 Å². The number of halogens is 2. The lowest BCUT2D eigenvalue weighted by atomic mass is 10.2. The Labute approximate surface area is 181 Å². The molecule has 0 saturated carbocycles. The zero-order valence-electron chi connectivity index (χ0n) is 16.2. The molecular weight excluding hydrogens is 420 g/mol. The molecule has 1 amide bonds. The number of carbonyl (C=O) groups is 1. The fourth-order valence-corrected chi connectivity index (χ4v) is 3.68. The molecule has 0 fully saturated rings. The monoisotopic (exact) mass is 437 g/mol. The van der Waals surface area contributed by atoms with Crippen LogP contribution in [0.1, 0.15) is 21.7 Å². The molecule has 0 bridgehead atoms. The van der Waals surface area contributed by atoms with Gasteiger partial charge >= 0.3 is 0 Å². The Hall–Kier alpha value is -3.65. The largest absolute Gasteiger partial charge is 0.488 e. The molecule has 0 aliphatic rings. The smallest absolute Gasteiger partial charge is 0.271 e. The lowest BCUT2D eigenvalue weighted by Gasteiger charge is -2.11. The molecule has 0 aliphatic carbocycles. The van der Waals surface area contributed by atoms with Crippen molar-refractivity contribution in [1.29, 1.82) is 0 Å². The summed E-state index contributed by atoms with van der Waals surface area (Å²) in [5, 5.41) is 4.99. The average molecular weight is 437 g/mol. The van der Waals surface area contributed by atoms with E-state index in [4.69, 9.17) is 4.74 Å². The third-order valence-corrected chi connectivity index (χ3v) is 5.32. The fraction of sp³-hybridized carbons (Fsp3) is 0.0870. The van der Waals surface area contributed by atoms with Gasteiger partial charge in [0.05, 0.1) is 23.4 Å². The van der Waals surface area contributed by atoms with E-state index in [1.165, 1.54) is 29.5 Å². The molecule has 4 rings (SSSR count). The van der Waals surface area contributed by atoms with Crippen LogP contribution in [0.3, 0.4) is 0 Å². The number of ether oxygens (including phenoxy) is 1. The molecule has 8 heteroatoms. The van der Waals surface area contributed by atoms with Gasteiger partial charge in [-0.1, -0.05) is 24.3 Å². The molecule has 4 aromatic rings. The molecule has 2 aromatic carbocycles. The molecule has 156 valence electrons. The van der Waals surface area contributed by atoms with Crippen LogP contribution in [0.15, 0.2) is 72.2 Å². The highest BCUT2D eigenvalue weighted by Crippen LogP contribution is 2.33. The van der Waals surface area contributed by atoms with E-state index in [0.717, 1.165) is 5.69 Å². The topological polar surface area (TPSA) is 64.1 Å². The van der Waals surface area contributed by atoms with E-state index in [-0.39, 0.29) is 23.8 Å². The third-order valence-electron chi connectivity index (χ3n) is 4.44. The van der Waals surface area contributed by atoms with Crippen molar-refractivity contribution < 1.29 is 18.3 Å². The van der Waals surface area contributed by atoms with Crippen molar-refractivity contribution in [2.75, 3.05) is 0 Å². The van der Waals surface area contributed by atoms with E-state index in [0.29, 0.717) is 22.9 Å².